The van der Waals surface area contributed by atoms with E-state index in [0.717, 1.165) is 0 Å². The quantitative estimate of drug-likeness (QED) is 0.876. The molecule has 1 aromatic rings. The second-order valence-corrected chi connectivity index (χ2v) is 6.52. The van der Waals surface area contributed by atoms with Crippen LogP contribution in [0.25, 0.3) is 0 Å². The number of rotatable bonds is 5. The molecule has 136 valence electrons. The molecule has 1 aliphatic carbocycles. The minimum atomic E-state index is -1.03. The number of likely N-dealkylation sites (N-methyl/N-ethyl adjacent to an activating group) is 1. The molecule has 1 fully saturated rings. The predicted molar refractivity (Wildman–Crippen MR) is 94.3 cm³/mol. The van der Waals surface area contributed by atoms with Gasteiger partial charge in [0.25, 0.3) is 0 Å². The predicted octanol–water partition coefficient (Wildman–Crippen LogP) is 2.75. The number of carbonyl (C=O) groups is 1. The number of halogens is 2. The molecule has 0 aliphatic heterocycles. The smallest absolute Gasteiger partial charge is 0.247 e. The molecule has 2 rings (SSSR count). The van der Waals surface area contributed by atoms with Gasteiger partial charge in [-0.25, -0.2) is 4.39 Å². The standard InChI is InChI=1S/C17H25FN2O3.ClH/c1-6-23-14-10-17(19,16(14,2)3)15(21)20(4)11-7-8-13(22-5)12(18)9-11;/h7-9,14H,6,10,19H2,1-5H3;1H. The largest absolute Gasteiger partial charge is 0.494 e. The van der Waals surface area contributed by atoms with Gasteiger partial charge in [-0.1, -0.05) is 13.8 Å². The van der Waals surface area contributed by atoms with Gasteiger partial charge in [-0.2, -0.15) is 0 Å². The van der Waals surface area contributed by atoms with Crippen LogP contribution >= 0.6 is 12.4 Å². The highest BCUT2D eigenvalue weighted by Gasteiger charge is 2.63. The minimum Gasteiger partial charge on any atom is -0.494 e. The van der Waals surface area contributed by atoms with E-state index in [1.165, 1.54) is 24.1 Å². The third-order valence-electron chi connectivity index (χ3n) is 5.04. The fourth-order valence-corrected chi connectivity index (χ4v) is 3.08. The molecule has 0 heterocycles. The molecule has 1 aliphatic rings. The van der Waals surface area contributed by atoms with Gasteiger partial charge < -0.3 is 20.1 Å². The summed E-state index contributed by atoms with van der Waals surface area (Å²) in [4.78, 5) is 14.3. The number of hydrogen-bond acceptors (Lipinski definition) is 4. The SMILES string of the molecule is CCOC1CC(N)(C(=O)N(C)c2ccc(OC)c(F)c2)C1(C)C.Cl. The van der Waals surface area contributed by atoms with Crippen molar-refractivity contribution in [2.24, 2.45) is 11.1 Å². The molecule has 0 saturated heterocycles. The Hall–Kier alpha value is -1.37. The minimum absolute atomic E-state index is 0. The van der Waals surface area contributed by atoms with Gasteiger partial charge in [-0.3, -0.25) is 4.79 Å². The molecule has 7 heteroatoms. The van der Waals surface area contributed by atoms with Gasteiger partial charge in [-0.15, -0.1) is 12.4 Å². The summed E-state index contributed by atoms with van der Waals surface area (Å²) < 4.78 is 24.4. The van der Waals surface area contributed by atoms with Crippen LogP contribution in [0.5, 0.6) is 5.75 Å². The number of anilines is 1. The number of nitrogens with zero attached hydrogens (tertiary/aromatic N) is 1. The molecule has 0 aromatic heterocycles. The van der Waals surface area contributed by atoms with Gasteiger partial charge in [-0.05, 0) is 19.1 Å². The van der Waals surface area contributed by atoms with Gasteiger partial charge in [0, 0.05) is 37.2 Å². The molecule has 1 saturated carbocycles. The summed E-state index contributed by atoms with van der Waals surface area (Å²) in [5.74, 6) is -0.628. The van der Waals surface area contributed by atoms with E-state index >= 15 is 0 Å². The first-order valence-electron chi connectivity index (χ1n) is 7.71. The lowest BCUT2D eigenvalue weighted by Crippen LogP contribution is -2.76. The fourth-order valence-electron chi connectivity index (χ4n) is 3.08. The monoisotopic (exact) mass is 360 g/mol. The van der Waals surface area contributed by atoms with E-state index in [0.29, 0.717) is 18.7 Å². The first-order chi connectivity index (χ1) is 10.7. The van der Waals surface area contributed by atoms with Crippen LogP contribution in [0, 0.1) is 11.2 Å². The van der Waals surface area contributed by atoms with Crippen molar-refractivity contribution < 1.29 is 18.7 Å². The van der Waals surface area contributed by atoms with E-state index in [4.69, 9.17) is 15.2 Å². The molecule has 0 spiro atoms. The highest BCUT2D eigenvalue weighted by molar-refractivity contribution is 6.01. The van der Waals surface area contributed by atoms with E-state index < -0.39 is 16.8 Å². The van der Waals surface area contributed by atoms with Crippen LogP contribution in [0.15, 0.2) is 18.2 Å². The van der Waals surface area contributed by atoms with E-state index in [9.17, 15) is 9.18 Å². The average Bonchev–Trinajstić information content (AvgIpc) is 2.52. The maximum Gasteiger partial charge on any atom is 0.247 e. The normalized spacial score (nSPS) is 24.5. The van der Waals surface area contributed by atoms with Crippen LogP contribution in [0.3, 0.4) is 0 Å². The summed E-state index contributed by atoms with van der Waals surface area (Å²) in [5, 5.41) is 0. The van der Waals surface area contributed by atoms with Crippen molar-refractivity contribution in [2.75, 3.05) is 25.7 Å². The number of methoxy groups -OCH3 is 1. The number of ether oxygens (including phenoxy) is 2. The van der Waals surface area contributed by atoms with Gasteiger partial charge in [0.1, 0.15) is 5.54 Å². The lowest BCUT2D eigenvalue weighted by Gasteiger charge is -2.58. The third-order valence-corrected chi connectivity index (χ3v) is 5.04. The molecule has 1 amide bonds. The summed E-state index contributed by atoms with van der Waals surface area (Å²) in [6.07, 6.45) is 0.401. The number of amides is 1. The number of hydrogen-bond donors (Lipinski definition) is 1. The van der Waals surface area contributed by atoms with Gasteiger partial charge >= 0.3 is 0 Å². The van der Waals surface area contributed by atoms with E-state index in [1.807, 2.05) is 20.8 Å². The summed E-state index contributed by atoms with van der Waals surface area (Å²) in [7, 11) is 2.99. The fraction of sp³-hybridized carbons (Fsp3) is 0.588. The van der Waals surface area contributed by atoms with Crippen LogP contribution in [0.1, 0.15) is 27.2 Å². The Balaban J connectivity index is 0.00000288. The summed E-state index contributed by atoms with van der Waals surface area (Å²) in [6.45, 7) is 6.35. The van der Waals surface area contributed by atoms with E-state index in [-0.39, 0.29) is 30.2 Å². The zero-order valence-corrected chi connectivity index (χ0v) is 15.6. The topological polar surface area (TPSA) is 64.8 Å². The van der Waals surface area contributed by atoms with Gasteiger partial charge in [0.2, 0.25) is 5.91 Å². The van der Waals surface area contributed by atoms with E-state index in [2.05, 4.69) is 0 Å². The lowest BCUT2D eigenvalue weighted by atomic mass is 9.54. The van der Waals surface area contributed by atoms with Crippen LogP contribution < -0.4 is 15.4 Å². The molecule has 5 nitrogen and oxygen atoms in total. The Morgan fingerprint density at radius 3 is 2.54 bits per heavy atom. The number of carbonyl (C=O) groups excluding carboxylic acids is 1. The maximum absolute atomic E-state index is 13.9. The van der Waals surface area contributed by atoms with Crippen LogP contribution in [0.2, 0.25) is 0 Å². The molecule has 24 heavy (non-hydrogen) atoms. The Morgan fingerprint density at radius 2 is 2.08 bits per heavy atom. The Labute approximate surface area is 148 Å². The van der Waals surface area contributed by atoms with Crippen molar-refractivity contribution in [3.8, 4) is 5.75 Å². The molecular formula is C17H26ClFN2O3. The van der Waals surface area contributed by atoms with Crippen molar-refractivity contribution in [1.29, 1.82) is 0 Å². The molecule has 0 radical (unpaired) electrons. The second-order valence-electron chi connectivity index (χ2n) is 6.52. The van der Waals surface area contributed by atoms with Crippen molar-refractivity contribution in [3.05, 3.63) is 24.0 Å². The third kappa shape index (κ3) is 3.10. The van der Waals surface area contributed by atoms with Crippen LogP contribution in [-0.2, 0) is 9.53 Å². The maximum atomic E-state index is 13.9. The average molecular weight is 361 g/mol. The molecule has 2 atom stereocenters. The summed E-state index contributed by atoms with van der Waals surface area (Å²) >= 11 is 0. The Kier molecular flexibility index (Phi) is 6.25. The van der Waals surface area contributed by atoms with Crippen molar-refractivity contribution >= 4 is 24.0 Å². The molecule has 1 aromatic carbocycles. The van der Waals surface area contributed by atoms with Crippen molar-refractivity contribution in [1.82, 2.24) is 0 Å². The van der Waals surface area contributed by atoms with Gasteiger partial charge in [0.05, 0.1) is 13.2 Å². The summed E-state index contributed by atoms with van der Waals surface area (Å²) in [6, 6.07) is 4.40. The summed E-state index contributed by atoms with van der Waals surface area (Å²) in [5.41, 5.74) is 5.31. The van der Waals surface area contributed by atoms with E-state index in [1.54, 1.807) is 13.1 Å². The second kappa shape index (κ2) is 7.25. The molecule has 2 unspecified atom stereocenters. The Morgan fingerprint density at radius 1 is 1.46 bits per heavy atom. The van der Waals surface area contributed by atoms with Crippen LogP contribution in [-0.4, -0.2) is 38.3 Å². The molecule has 2 N–H and O–H groups in total. The van der Waals surface area contributed by atoms with Gasteiger partial charge in [0.15, 0.2) is 11.6 Å². The Bertz CT molecular complexity index is 611. The zero-order valence-electron chi connectivity index (χ0n) is 14.8. The zero-order chi connectivity index (χ0) is 17.4. The molecular weight excluding hydrogens is 335 g/mol. The lowest BCUT2D eigenvalue weighted by molar-refractivity contribution is -0.168. The van der Waals surface area contributed by atoms with Crippen molar-refractivity contribution in [2.45, 2.75) is 38.8 Å². The van der Waals surface area contributed by atoms with Crippen molar-refractivity contribution in [3.63, 3.8) is 0 Å². The number of nitrogens with two attached hydrogens (primary N) is 1. The highest BCUT2D eigenvalue weighted by Crippen LogP contribution is 2.50. The first kappa shape index (κ1) is 20.7. The molecule has 0 bridgehead atoms. The first-order valence-corrected chi connectivity index (χ1v) is 7.71. The number of benzene rings is 1. The van der Waals surface area contributed by atoms with Crippen LogP contribution in [0.4, 0.5) is 10.1 Å². The highest BCUT2D eigenvalue weighted by atomic mass is 35.5.